The number of ether oxygens (including phenoxy) is 2. The zero-order valence-corrected chi connectivity index (χ0v) is 15.3. The average Bonchev–Trinajstić information content (AvgIpc) is 2.83. The first-order valence-electron chi connectivity index (χ1n) is 7.03. The van der Waals surface area contributed by atoms with Crippen molar-refractivity contribution in [3.63, 3.8) is 0 Å². The molecule has 24 heavy (non-hydrogen) atoms. The number of benzene rings is 1. The Hall–Kier alpha value is -1.93. The Morgan fingerprint density at radius 3 is 2.58 bits per heavy atom. The van der Waals surface area contributed by atoms with Crippen LogP contribution in [0, 0.1) is 0 Å². The fraction of sp³-hybridized carbons (Fsp3) is 0.400. The van der Waals surface area contributed by atoms with Crippen molar-refractivity contribution in [2.45, 2.75) is 11.7 Å². The van der Waals surface area contributed by atoms with Gasteiger partial charge in [-0.25, -0.2) is 0 Å². The van der Waals surface area contributed by atoms with E-state index in [0.717, 1.165) is 0 Å². The second kappa shape index (κ2) is 7.76. The lowest BCUT2D eigenvalue weighted by Crippen LogP contribution is -2.30. The lowest BCUT2D eigenvalue weighted by Gasteiger charge is -2.14. The van der Waals surface area contributed by atoms with Gasteiger partial charge in [-0.05, 0) is 0 Å². The minimum atomic E-state index is -0.492. The molecule has 0 aliphatic carbocycles. The molecule has 1 aromatic carbocycles. The van der Waals surface area contributed by atoms with Crippen molar-refractivity contribution in [3.05, 3.63) is 17.2 Å². The fourth-order valence-corrected chi connectivity index (χ4v) is 3.56. The maximum absolute atomic E-state index is 12.3. The lowest BCUT2D eigenvalue weighted by atomic mass is 10.2. The molecule has 9 heteroatoms. The predicted octanol–water partition coefficient (Wildman–Crippen LogP) is 2.25. The van der Waals surface area contributed by atoms with Crippen molar-refractivity contribution in [2.24, 2.45) is 4.99 Å². The molecular weight excluding hydrogens is 354 g/mol. The Kier molecular flexibility index (Phi) is 5.95. The largest absolute Gasteiger partial charge is 0.495 e. The van der Waals surface area contributed by atoms with Gasteiger partial charge in [0.15, 0.2) is 5.17 Å². The number of methoxy groups -OCH3 is 2. The van der Waals surface area contributed by atoms with Crippen LogP contribution in [0.1, 0.15) is 6.42 Å². The summed E-state index contributed by atoms with van der Waals surface area (Å²) >= 11 is 7.31. The predicted molar refractivity (Wildman–Crippen MR) is 95.3 cm³/mol. The average molecular weight is 372 g/mol. The number of thioether (sulfide) groups is 1. The number of amidine groups is 1. The second-order valence-corrected chi connectivity index (χ2v) is 6.53. The van der Waals surface area contributed by atoms with Crippen LogP contribution in [0.4, 0.5) is 5.69 Å². The molecule has 1 aliphatic rings. The highest BCUT2D eigenvalue weighted by Crippen LogP contribution is 2.36. The number of anilines is 1. The summed E-state index contributed by atoms with van der Waals surface area (Å²) in [5.74, 6) is 0.373. The van der Waals surface area contributed by atoms with Gasteiger partial charge in [0.25, 0.3) is 0 Å². The molecule has 1 unspecified atom stereocenters. The topological polar surface area (TPSA) is 80.2 Å². The van der Waals surface area contributed by atoms with Crippen molar-refractivity contribution in [2.75, 3.05) is 33.6 Å². The summed E-state index contributed by atoms with van der Waals surface area (Å²) in [5, 5.41) is 3.22. The molecule has 1 aliphatic heterocycles. The van der Waals surface area contributed by atoms with E-state index in [1.165, 1.54) is 30.9 Å². The van der Waals surface area contributed by atoms with Crippen molar-refractivity contribution in [3.8, 4) is 11.5 Å². The van der Waals surface area contributed by atoms with Gasteiger partial charge in [-0.2, -0.15) is 0 Å². The molecule has 1 heterocycles. The number of nitrogens with zero attached hydrogens (tertiary/aromatic N) is 2. The maximum atomic E-state index is 12.3. The van der Waals surface area contributed by atoms with Gasteiger partial charge in [-0.15, -0.1) is 0 Å². The van der Waals surface area contributed by atoms with Crippen LogP contribution in [0.2, 0.25) is 5.02 Å². The SMILES string of the molecule is CN=C1SC(CC(=O)Nc2cc(OC)c(Cl)cc2OC)C(=O)N1C. The molecule has 0 saturated carbocycles. The monoisotopic (exact) mass is 371 g/mol. The summed E-state index contributed by atoms with van der Waals surface area (Å²) < 4.78 is 10.4. The van der Waals surface area contributed by atoms with Crippen molar-refractivity contribution < 1.29 is 19.1 Å². The van der Waals surface area contributed by atoms with E-state index in [2.05, 4.69) is 10.3 Å². The first-order chi connectivity index (χ1) is 11.4. The smallest absolute Gasteiger partial charge is 0.242 e. The number of aliphatic imine (C=N–C) groups is 1. The van der Waals surface area contributed by atoms with Crippen LogP contribution < -0.4 is 14.8 Å². The van der Waals surface area contributed by atoms with Crippen molar-refractivity contribution in [1.29, 1.82) is 0 Å². The molecule has 130 valence electrons. The van der Waals surface area contributed by atoms with E-state index < -0.39 is 5.25 Å². The molecule has 1 fully saturated rings. The zero-order chi connectivity index (χ0) is 17.9. The van der Waals surface area contributed by atoms with Crippen molar-refractivity contribution >= 4 is 46.0 Å². The van der Waals surface area contributed by atoms with Crippen LogP contribution in [0.25, 0.3) is 0 Å². The normalized spacial score (nSPS) is 18.9. The summed E-state index contributed by atoms with van der Waals surface area (Å²) in [5.41, 5.74) is 0.428. The van der Waals surface area contributed by atoms with Crippen LogP contribution in [0.3, 0.4) is 0 Å². The molecule has 0 bridgehead atoms. The van der Waals surface area contributed by atoms with E-state index in [4.69, 9.17) is 21.1 Å². The van der Waals surface area contributed by atoms with Gasteiger partial charge in [0.05, 0.1) is 24.9 Å². The summed E-state index contributed by atoms with van der Waals surface area (Å²) in [6, 6.07) is 3.13. The molecule has 2 rings (SSSR count). The van der Waals surface area contributed by atoms with E-state index in [1.54, 1.807) is 26.2 Å². The number of rotatable bonds is 5. The summed E-state index contributed by atoms with van der Waals surface area (Å²) in [4.78, 5) is 29.9. The Morgan fingerprint density at radius 1 is 1.38 bits per heavy atom. The second-order valence-electron chi connectivity index (χ2n) is 4.95. The molecule has 0 spiro atoms. The molecule has 0 aromatic heterocycles. The number of carbonyl (C=O) groups is 2. The third-order valence-electron chi connectivity index (χ3n) is 3.45. The zero-order valence-electron chi connectivity index (χ0n) is 13.8. The first kappa shape index (κ1) is 18.4. The van der Waals surface area contributed by atoms with E-state index in [9.17, 15) is 9.59 Å². The van der Waals surface area contributed by atoms with Gasteiger partial charge < -0.3 is 14.8 Å². The van der Waals surface area contributed by atoms with Gasteiger partial charge in [0.2, 0.25) is 11.8 Å². The van der Waals surface area contributed by atoms with Crippen molar-refractivity contribution in [1.82, 2.24) is 4.90 Å². The third kappa shape index (κ3) is 3.76. The number of hydrogen-bond donors (Lipinski definition) is 1. The third-order valence-corrected chi connectivity index (χ3v) is 5.07. The molecular formula is C15H18ClN3O4S. The number of amides is 2. The Morgan fingerprint density at radius 2 is 2.04 bits per heavy atom. The number of hydrogen-bond acceptors (Lipinski definition) is 6. The van der Waals surface area contributed by atoms with Crippen LogP contribution >= 0.6 is 23.4 Å². The quantitative estimate of drug-likeness (QED) is 0.858. The minimum Gasteiger partial charge on any atom is -0.495 e. The van der Waals surface area contributed by atoms with Crippen LogP contribution in [0.5, 0.6) is 11.5 Å². The van der Waals surface area contributed by atoms with E-state index in [-0.39, 0.29) is 18.2 Å². The highest BCUT2D eigenvalue weighted by Gasteiger charge is 2.36. The fourth-order valence-electron chi connectivity index (χ4n) is 2.23. The molecule has 2 amide bonds. The summed E-state index contributed by atoms with van der Waals surface area (Å²) in [6.07, 6.45) is 0.0287. The lowest BCUT2D eigenvalue weighted by molar-refractivity contribution is -0.127. The molecule has 7 nitrogen and oxygen atoms in total. The van der Waals surface area contributed by atoms with Gasteiger partial charge in [0.1, 0.15) is 16.7 Å². The number of nitrogens with one attached hydrogen (secondary N) is 1. The Labute approximate surface area is 149 Å². The number of halogens is 1. The van der Waals surface area contributed by atoms with E-state index >= 15 is 0 Å². The van der Waals surface area contributed by atoms with Crippen LogP contribution in [-0.4, -0.2) is 55.4 Å². The standard InChI is InChI=1S/C15H18ClN3O4S/c1-17-15-19(2)14(21)12(24-15)7-13(20)18-9-6-10(22-3)8(16)5-11(9)23-4/h5-6,12H,7H2,1-4H3,(H,18,20). The van der Waals surface area contributed by atoms with Crippen LogP contribution in [-0.2, 0) is 9.59 Å². The molecule has 1 N–H and O–H groups in total. The van der Waals surface area contributed by atoms with E-state index in [1.807, 2.05) is 0 Å². The maximum Gasteiger partial charge on any atom is 0.242 e. The molecule has 1 saturated heterocycles. The van der Waals surface area contributed by atoms with E-state index in [0.29, 0.717) is 27.4 Å². The Balaban J connectivity index is 2.12. The highest BCUT2D eigenvalue weighted by atomic mass is 35.5. The van der Waals surface area contributed by atoms with Gasteiger partial charge >= 0.3 is 0 Å². The summed E-state index contributed by atoms with van der Waals surface area (Å²) in [6.45, 7) is 0. The number of carbonyl (C=O) groups excluding carboxylic acids is 2. The minimum absolute atomic E-state index is 0.0287. The van der Waals surface area contributed by atoms with Crippen LogP contribution in [0.15, 0.2) is 17.1 Å². The highest BCUT2D eigenvalue weighted by molar-refractivity contribution is 8.15. The summed E-state index contributed by atoms with van der Waals surface area (Å²) in [7, 11) is 6.21. The van der Waals surface area contributed by atoms with Gasteiger partial charge in [-0.3, -0.25) is 19.5 Å². The Bertz CT molecular complexity index is 696. The van der Waals surface area contributed by atoms with Gasteiger partial charge in [-0.1, -0.05) is 23.4 Å². The molecule has 1 aromatic rings. The van der Waals surface area contributed by atoms with Gasteiger partial charge in [0, 0.05) is 32.6 Å². The molecule has 0 radical (unpaired) electrons. The first-order valence-corrected chi connectivity index (χ1v) is 8.29. The molecule has 1 atom stereocenters.